The van der Waals surface area contributed by atoms with Crippen LogP contribution in [0.5, 0.6) is 0 Å². The standard InChI is InChI=1S/C14H24N6/c1-15-14(16-7-11-8-17-19(2)9-11)18-12-5-6-20(10-12)13-3-4-13/h8-9,12-13H,3-7,10H2,1-2H3,(H2,15,16,18). The maximum Gasteiger partial charge on any atom is 0.191 e. The van der Waals surface area contributed by atoms with Crippen molar-refractivity contribution in [1.82, 2.24) is 25.3 Å². The molecular weight excluding hydrogens is 252 g/mol. The summed E-state index contributed by atoms with van der Waals surface area (Å²) >= 11 is 0. The van der Waals surface area contributed by atoms with Crippen LogP contribution < -0.4 is 10.6 Å². The topological polar surface area (TPSA) is 57.5 Å². The number of rotatable bonds is 4. The van der Waals surface area contributed by atoms with E-state index in [1.807, 2.05) is 31.2 Å². The quantitative estimate of drug-likeness (QED) is 0.614. The summed E-state index contributed by atoms with van der Waals surface area (Å²) in [6.45, 7) is 3.13. The van der Waals surface area contributed by atoms with Gasteiger partial charge in [-0.15, -0.1) is 0 Å². The Morgan fingerprint density at radius 2 is 2.30 bits per heavy atom. The maximum atomic E-state index is 4.31. The fourth-order valence-electron chi connectivity index (χ4n) is 2.81. The number of guanidine groups is 1. The van der Waals surface area contributed by atoms with Crippen LogP contribution in [0.3, 0.4) is 0 Å². The monoisotopic (exact) mass is 276 g/mol. The van der Waals surface area contributed by atoms with Gasteiger partial charge in [0.2, 0.25) is 0 Å². The Balaban J connectivity index is 1.45. The first-order valence-electron chi connectivity index (χ1n) is 7.43. The molecule has 0 radical (unpaired) electrons. The molecular formula is C14H24N6. The minimum absolute atomic E-state index is 0.524. The molecule has 0 spiro atoms. The Labute approximate surface area is 120 Å². The highest BCUT2D eigenvalue weighted by molar-refractivity contribution is 5.80. The second-order valence-electron chi connectivity index (χ2n) is 5.80. The van der Waals surface area contributed by atoms with Crippen molar-refractivity contribution >= 4 is 5.96 Å². The molecule has 1 aromatic rings. The molecule has 1 atom stereocenters. The number of hydrogen-bond donors (Lipinski definition) is 2. The fraction of sp³-hybridized carbons (Fsp3) is 0.714. The van der Waals surface area contributed by atoms with Gasteiger partial charge in [0, 0.05) is 57.6 Å². The molecule has 0 bridgehead atoms. The number of aryl methyl sites for hydroxylation is 1. The first-order chi connectivity index (χ1) is 9.74. The largest absolute Gasteiger partial charge is 0.352 e. The second-order valence-corrected chi connectivity index (χ2v) is 5.80. The van der Waals surface area contributed by atoms with Gasteiger partial charge in [0.15, 0.2) is 5.96 Å². The molecule has 2 aliphatic rings. The predicted octanol–water partition coefficient (Wildman–Crippen LogP) is 0.322. The van der Waals surface area contributed by atoms with Crippen LogP contribution >= 0.6 is 0 Å². The Morgan fingerprint density at radius 3 is 2.95 bits per heavy atom. The van der Waals surface area contributed by atoms with Gasteiger partial charge in [-0.25, -0.2) is 0 Å². The molecule has 20 heavy (non-hydrogen) atoms. The van der Waals surface area contributed by atoms with Crippen LogP contribution in [0.1, 0.15) is 24.8 Å². The molecule has 1 aromatic heterocycles. The first kappa shape index (κ1) is 13.4. The number of hydrogen-bond acceptors (Lipinski definition) is 3. The zero-order chi connectivity index (χ0) is 13.9. The third-order valence-electron chi connectivity index (χ3n) is 4.07. The molecule has 1 aliphatic heterocycles. The van der Waals surface area contributed by atoms with Crippen LogP contribution in [0.2, 0.25) is 0 Å². The van der Waals surface area contributed by atoms with Crippen LogP contribution in [0, 0.1) is 0 Å². The van der Waals surface area contributed by atoms with Crippen molar-refractivity contribution in [3.63, 3.8) is 0 Å². The number of likely N-dealkylation sites (tertiary alicyclic amines) is 1. The summed E-state index contributed by atoms with van der Waals surface area (Å²) in [5.74, 6) is 0.886. The molecule has 1 saturated heterocycles. The highest BCUT2D eigenvalue weighted by Gasteiger charge is 2.34. The molecule has 0 amide bonds. The van der Waals surface area contributed by atoms with Gasteiger partial charge in [-0.05, 0) is 19.3 Å². The summed E-state index contributed by atoms with van der Waals surface area (Å²) in [7, 11) is 3.76. The van der Waals surface area contributed by atoms with Crippen LogP contribution in [-0.4, -0.2) is 52.9 Å². The van der Waals surface area contributed by atoms with Crippen molar-refractivity contribution < 1.29 is 0 Å². The molecule has 1 aliphatic carbocycles. The van der Waals surface area contributed by atoms with Crippen molar-refractivity contribution in [1.29, 1.82) is 0 Å². The van der Waals surface area contributed by atoms with Crippen molar-refractivity contribution in [3.05, 3.63) is 18.0 Å². The van der Waals surface area contributed by atoms with E-state index in [0.29, 0.717) is 6.04 Å². The molecule has 2 heterocycles. The van der Waals surface area contributed by atoms with Crippen molar-refractivity contribution in [2.24, 2.45) is 12.0 Å². The maximum absolute atomic E-state index is 4.31. The number of nitrogens with zero attached hydrogens (tertiary/aromatic N) is 4. The molecule has 6 heteroatoms. The molecule has 0 aromatic carbocycles. The molecule has 6 nitrogen and oxygen atoms in total. The highest BCUT2D eigenvalue weighted by Crippen LogP contribution is 2.29. The molecule has 1 saturated carbocycles. The Bertz CT molecular complexity index is 476. The summed E-state index contributed by atoms with van der Waals surface area (Å²) in [5, 5.41) is 11.0. The van der Waals surface area contributed by atoms with E-state index < -0.39 is 0 Å². The van der Waals surface area contributed by atoms with Crippen LogP contribution in [0.25, 0.3) is 0 Å². The van der Waals surface area contributed by atoms with Crippen LogP contribution in [0.15, 0.2) is 17.4 Å². The minimum atomic E-state index is 0.524. The zero-order valence-corrected chi connectivity index (χ0v) is 12.3. The van der Waals surface area contributed by atoms with Gasteiger partial charge in [-0.1, -0.05) is 0 Å². The lowest BCUT2D eigenvalue weighted by Gasteiger charge is -2.18. The van der Waals surface area contributed by atoms with Gasteiger partial charge in [-0.3, -0.25) is 14.6 Å². The minimum Gasteiger partial charge on any atom is -0.352 e. The predicted molar refractivity (Wildman–Crippen MR) is 79.5 cm³/mol. The van der Waals surface area contributed by atoms with E-state index in [1.165, 1.54) is 31.4 Å². The average molecular weight is 276 g/mol. The first-order valence-corrected chi connectivity index (χ1v) is 7.43. The third-order valence-corrected chi connectivity index (χ3v) is 4.07. The summed E-state index contributed by atoms with van der Waals surface area (Å²) in [6, 6.07) is 1.39. The van der Waals surface area contributed by atoms with Crippen LogP contribution in [0.4, 0.5) is 0 Å². The number of aliphatic imine (C=N–C) groups is 1. The van der Waals surface area contributed by atoms with Gasteiger partial charge in [0.05, 0.1) is 6.20 Å². The summed E-state index contributed by atoms with van der Waals surface area (Å²) < 4.78 is 1.82. The average Bonchev–Trinajstić information content (AvgIpc) is 3.06. The van der Waals surface area contributed by atoms with E-state index in [2.05, 4.69) is 25.6 Å². The normalized spacial score (nSPS) is 24.1. The second kappa shape index (κ2) is 5.83. The Kier molecular flexibility index (Phi) is 3.91. The van der Waals surface area contributed by atoms with Gasteiger partial charge >= 0.3 is 0 Å². The van der Waals surface area contributed by atoms with Gasteiger partial charge in [-0.2, -0.15) is 5.10 Å². The van der Waals surface area contributed by atoms with E-state index >= 15 is 0 Å². The fourth-order valence-corrected chi connectivity index (χ4v) is 2.81. The van der Waals surface area contributed by atoms with E-state index in [9.17, 15) is 0 Å². The van der Waals surface area contributed by atoms with Gasteiger partial charge < -0.3 is 10.6 Å². The summed E-state index contributed by atoms with van der Waals surface area (Å²) in [5.41, 5.74) is 1.17. The number of aromatic nitrogens is 2. The van der Waals surface area contributed by atoms with E-state index in [0.717, 1.165) is 25.1 Å². The lowest BCUT2D eigenvalue weighted by atomic mass is 10.3. The smallest absolute Gasteiger partial charge is 0.191 e. The Hall–Kier alpha value is -1.56. The summed E-state index contributed by atoms with van der Waals surface area (Å²) in [4.78, 5) is 6.91. The van der Waals surface area contributed by atoms with Gasteiger partial charge in [0.1, 0.15) is 0 Å². The third kappa shape index (κ3) is 3.30. The number of nitrogens with one attached hydrogen (secondary N) is 2. The molecule has 3 rings (SSSR count). The Morgan fingerprint density at radius 1 is 1.45 bits per heavy atom. The molecule has 2 fully saturated rings. The van der Waals surface area contributed by atoms with E-state index in [1.54, 1.807) is 0 Å². The summed E-state index contributed by atoms with van der Waals surface area (Å²) in [6.07, 6.45) is 7.89. The SMILES string of the molecule is CN=C(NCc1cnn(C)c1)NC1CCN(C2CC2)C1. The molecule has 1 unspecified atom stereocenters. The van der Waals surface area contributed by atoms with Crippen molar-refractivity contribution in [3.8, 4) is 0 Å². The zero-order valence-electron chi connectivity index (χ0n) is 12.3. The lowest BCUT2D eigenvalue weighted by Crippen LogP contribution is -2.44. The van der Waals surface area contributed by atoms with Crippen molar-refractivity contribution in [2.45, 2.75) is 37.9 Å². The molecule has 110 valence electrons. The van der Waals surface area contributed by atoms with Crippen molar-refractivity contribution in [2.75, 3.05) is 20.1 Å². The van der Waals surface area contributed by atoms with Gasteiger partial charge in [0.25, 0.3) is 0 Å². The van der Waals surface area contributed by atoms with E-state index in [-0.39, 0.29) is 0 Å². The lowest BCUT2D eigenvalue weighted by molar-refractivity contribution is 0.321. The van der Waals surface area contributed by atoms with E-state index in [4.69, 9.17) is 0 Å². The highest BCUT2D eigenvalue weighted by atomic mass is 15.3. The van der Waals surface area contributed by atoms with Crippen LogP contribution in [-0.2, 0) is 13.6 Å². The molecule has 2 N–H and O–H groups in total.